The maximum Gasteiger partial charge on any atom is 0.291 e. The van der Waals surface area contributed by atoms with Gasteiger partial charge in [0.05, 0.1) is 12.3 Å². The lowest BCUT2D eigenvalue weighted by molar-refractivity contribution is 0.0997. The molecule has 7 heteroatoms. The fourth-order valence-electron chi connectivity index (χ4n) is 3.14. The molecule has 4 rings (SSSR count). The number of aryl methyl sites for hydroxylation is 1. The van der Waals surface area contributed by atoms with E-state index in [1.54, 1.807) is 29.7 Å². The molecule has 0 saturated carbocycles. The number of pyridine rings is 1. The third kappa shape index (κ3) is 4.56. The maximum atomic E-state index is 12.6. The number of halogens is 1. The van der Waals surface area contributed by atoms with Gasteiger partial charge in [0.2, 0.25) is 0 Å². The molecule has 0 aliphatic carbocycles. The smallest absolute Gasteiger partial charge is 0.291 e. The quantitative estimate of drug-likeness (QED) is 0.350. The number of hydrogen-bond acceptors (Lipinski definition) is 5. The molecule has 5 nitrogen and oxygen atoms in total. The number of carbonyl (C=O) groups is 1. The zero-order valence-corrected chi connectivity index (χ0v) is 17.8. The lowest BCUT2D eigenvalue weighted by Gasteiger charge is -2.21. The summed E-state index contributed by atoms with van der Waals surface area (Å²) in [5, 5.41) is 7.91. The van der Waals surface area contributed by atoms with Crippen LogP contribution in [0.5, 0.6) is 0 Å². The van der Waals surface area contributed by atoms with Crippen LogP contribution in [-0.4, -0.2) is 10.9 Å². The number of anilines is 2. The van der Waals surface area contributed by atoms with Crippen LogP contribution in [0.25, 0.3) is 0 Å². The zero-order valence-electron chi connectivity index (χ0n) is 16.3. The molecular weight excluding hydrogens is 418 g/mol. The topological polar surface area (TPSA) is 67.2 Å². The van der Waals surface area contributed by atoms with Gasteiger partial charge in [0.1, 0.15) is 10.8 Å². The summed E-state index contributed by atoms with van der Waals surface area (Å²) < 4.78 is 5.25. The van der Waals surface area contributed by atoms with Crippen LogP contribution in [0.2, 0.25) is 5.02 Å². The van der Waals surface area contributed by atoms with Crippen molar-refractivity contribution < 1.29 is 9.21 Å². The first kappa shape index (κ1) is 20.2. The monoisotopic (exact) mass is 437 g/mol. The zero-order chi connectivity index (χ0) is 20.9. The lowest BCUT2D eigenvalue weighted by atomic mass is 9.99. The van der Waals surface area contributed by atoms with Crippen LogP contribution in [0.1, 0.15) is 39.5 Å². The van der Waals surface area contributed by atoms with Gasteiger partial charge in [-0.15, -0.1) is 11.3 Å². The van der Waals surface area contributed by atoms with Crippen LogP contribution < -0.4 is 10.6 Å². The Hall–Kier alpha value is -3.09. The highest BCUT2D eigenvalue weighted by Crippen LogP contribution is 2.38. The highest BCUT2D eigenvalue weighted by atomic mass is 35.5. The number of nitrogens with zero attached hydrogens (tertiary/aromatic N) is 1. The van der Waals surface area contributed by atoms with Gasteiger partial charge in [-0.25, -0.2) is 4.98 Å². The van der Waals surface area contributed by atoms with Crippen molar-refractivity contribution in [2.24, 2.45) is 0 Å². The van der Waals surface area contributed by atoms with Gasteiger partial charge in [0, 0.05) is 21.7 Å². The molecule has 0 saturated heterocycles. The lowest BCUT2D eigenvalue weighted by Crippen LogP contribution is -2.16. The molecule has 4 aromatic rings. The van der Waals surface area contributed by atoms with Gasteiger partial charge in [-0.3, -0.25) is 4.79 Å². The van der Waals surface area contributed by atoms with E-state index in [1.165, 1.54) is 6.26 Å². The van der Waals surface area contributed by atoms with Crippen molar-refractivity contribution in [2.75, 3.05) is 10.6 Å². The number of benzene rings is 1. The van der Waals surface area contributed by atoms with E-state index in [9.17, 15) is 4.79 Å². The predicted octanol–water partition coefficient (Wildman–Crippen LogP) is 6.41. The Kier molecular flexibility index (Phi) is 6.16. The van der Waals surface area contributed by atoms with Gasteiger partial charge in [0.25, 0.3) is 5.91 Å². The first-order valence-electron chi connectivity index (χ1n) is 9.54. The van der Waals surface area contributed by atoms with E-state index in [0.717, 1.165) is 33.2 Å². The third-order valence-electron chi connectivity index (χ3n) is 4.58. The second-order valence-corrected chi connectivity index (χ2v) is 8.20. The molecule has 3 heterocycles. The molecule has 0 fully saturated rings. The highest BCUT2D eigenvalue weighted by molar-refractivity contribution is 7.16. The molecule has 0 aliphatic heterocycles. The summed E-state index contributed by atoms with van der Waals surface area (Å²) in [6, 6.07) is 18.6. The third-order valence-corrected chi connectivity index (χ3v) is 6.03. The predicted molar refractivity (Wildman–Crippen MR) is 122 cm³/mol. The minimum absolute atomic E-state index is 0.248. The van der Waals surface area contributed by atoms with E-state index in [1.807, 2.05) is 42.5 Å². The van der Waals surface area contributed by atoms with E-state index in [-0.39, 0.29) is 17.7 Å². The number of rotatable bonds is 7. The van der Waals surface area contributed by atoms with Gasteiger partial charge >= 0.3 is 0 Å². The number of carbonyl (C=O) groups excluding carboxylic acids is 1. The summed E-state index contributed by atoms with van der Waals surface area (Å²) >= 11 is 7.84. The molecule has 1 aromatic carbocycles. The Balaban J connectivity index is 1.75. The molecule has 0 aliphatic rings. The number of hydrogen-bond donors (Lipinski definition) is 2. The van der Waals surface area contributed by atoms with Crippen molar-refractivity contribution in [3.05, 3.63) is 99.9 Å². The van der Waals surface area contributed by atoms with Crippen molar-refractivity contribution in [3.8, 4) is 0 Å². The second kappa shape index (κ2) is 9.15. The van der Waals surface area contributed by atoms with Gasteiger partial charge in [0.15, 0.2) is 5.76 Å². The van der Waals surface area contributed by atoms with Gasteiger partial charge in [-0.05, 0) is 54.4 Å². The summed E-state index contributed by atoms with van der Waals surface area (Å²) in [6.45, 7) is 2.09. The number of furan rings is 1. The van der Waals surface area contributed by atoms with E-state index in [0.29, 0.717) is 5.02 Å². The summed E-state index contributed by atoms with van der Waals surface area (Å²) in [5.41, 5.74) is 1.92. The normalized spacial score (nSPS) is 11.8. The Morgan fingerprint density at radius 2 is 2.07 bits per heavy atom. The van der Waals surface area contributed by atoms with Crippen molar-refractivity contribution in [1.82, 2.24) is 4.98 Å². The molecule has 3 aromatic heterocycles. The summed E-state index contributed by atoms with van der Waals surface area (Å²) in [4.78, 5) is 18.2. The molecule has 1 atom stereocenters. The number of amides is 1. The number of thiophene rings is 1. The average molecular weight is 438 g/mol. The first-order chi connectivity index (χ1) is 14.6. The Bertz CT molecular complexity index is 1130. The van der Waals surface area contributed by atoms with E-state index >= 15 is 0 Å². The van der Waals surface area contributed by atoms with Crippen LogP contribution in [0.4, 0.5) is 10.8 Å². The van der Waals surface area contributed by atoms with E-state index in [4.69, 9.17) is 16.0 Å². The summed E-state index contributed by atoms with van der Waals surface area (Å²) in [6.07, 6.45) is 4.08. The first-order valence-corrected chi connectivity index (χ1v) is 10.7. The molecule has 0 unspecified atom stereocenters. The van der Waals surface area contributed by atoms with Crippen molar-refractivity contribution in [2.45, 2.75) is 19.4 Å². The highest BCUT2D eigenvalue weighted by Gasteiger charge is 2.23. The Morgan fingerprint density at radius 3 is 2.77 bits per heavy atom. The molecule has 0 spiro atoms. The van der Waals surface area contributed by atoms with Gasteiger partial charge in [-0.2, -0.15) is 0 Å². The van der Waals surface area contributed by atoms with E-state index < -0.39 is 0 Å². The summed E-state index contributed by atoms with van der Waals surface area (Å²) in [7, 11) is 0. The fraction of sp³-hybridized carbons (Fsp3) is 0.130. The number of aromatic nitrogens is 1. The summed E-state index contributed by atoms with van der Waals surface area (Å²) in [5.74, 6) is 0.716. The minimum atomic E-state index is -0.284. The van der Waals surface area contributed by atoms with Gasteiger partial charge < -0.3 is 15.1 Å². The largest absolute Gasteiger partial charge is 0.459 e. The Labute approximate surface area is 183 Å². The standard InChI is InChI=1S/C23H20ClN3O2S/c1-2-17-14-18(23(30-17)27-22(28)19-9-6-12-29-19)21(15-7-5-8-16(24)13-15)26-20-10-3-4-11-25-20/h3-14,21H,2H2,1H3,(H,25,26)(H,27,28)/t21-/m0/s1. The van der Waals surface area contributed by atoms with Crippen LogP contribution in [0.15, 0.2) is 77.5 Å². The van der Waals surface area contributed by atoms with Crippen molar-refractivity contribution in [3.63, 3.8) is 0 Å². The molecular formula is C23H20ClN3O2S. The SMILES string of the molecule is CCc1cc([C@@H](Nc2ccccn2)c2cccc(Cl)c2)c(NC(=O)c2ccco2)s1. The fourth-order valence-corrected chi connectivity index (χ4v) is 4.37. The molecule has 30 heavy (non-hydrogen) atoms. The maximum absolute atomic E-state index is 12.6. The van der Waals surface area contributed by atoms with Crippen LogP contribution in [0.3, 0.4) is 0 Å². The second-order valence-electron chi connectivity index (χ2n) is 6.63. The molecule has 152 valence electrons. The Morgan fingerprint density at radius 1 is 1.17 bits per heavy atom. The molecule has 0 bridgehead atoms. The molecule has 2 N–H and O–H groups in total. The molecule has 0 radical (unpaired) electrons. The molecule has 1 amide bonds. The van der Waals surface area contributed by atoms with Crippen molar-refractivity contribution in [1.29, 1.82) is 0 Å². The van der Waals surface area contributed by atoms with Crippen LogP contribution >= 0.6 is 22.9 Å². The number of nitrogens with one attached hydrogen (secondary N) is 2. The average Bonchev–Trinajstić information content (AvgIpc) is 3.43. The van der Waals surface area contributed by atoms with Crippen molar-refractivity contribution >= 4 is 39.7 Å². The minimum Gasteiger partial charge on any atom is -0.459 e. The van der Waals surface area contributed by atoms with Crippen LogP contribution in [-0.2, 0) is 6.42 Å². The van der Waals surface area contributed by atoms with Crippen LogP contribution in [0, 0.1) is 0 Å². The van der Waals surface area contributed by atoms with E-state index in [2.05, 4.69) is 28.6 Å². The van der Waals surface area contributed by atoms with Gasteiger partial charge in [-0.1, -0.05) is 36.7 Å².